The lowest BCUT2D eigenvalue weighted by Crippen LogP contribution is -2.60. The zero-order chi connectivity index (χ0) is 11.6. The second kappa shape index (κ2) is 3.98. The SMILES string of the molecule is CNC(C)(C)C(=O)N1CC(=O)NC(=O)C1. The van der Waals surface area contributed by atoms with Gasteiger partial charge >= 0.3 is 0 Å². The lowest BCUT2D eigenvalue weighted by Gasteiger charge is -2.32. The molecule has 0 aromatic rings. The Labute approximate surface area is 88.0 Å². The maximum Gasteiger partial charge on any atom is 0.246 e. The Morgan fingerprint density at radius 1 is 1.33 bits per heavy atom. The molecule has 84 valence electrons. The van der Waals surface area contributed by atoms with E-state index < -0.39 is 17.4 Å². The molecule has 6 heteroatoms. The van der Waals surface area contributed by atoms with Crippen molar-refractivity contribution in [3.05, 3.63) is 0 Å². The number of carbonyl (C=O) groups excluding carboxylic acids is 3. The molecule has 0 bridgehead atoms. The van der Waals surface area contributed by atoms with Crippen LogP contribution in [0.3, 0.4) is 0 Å². The van der Waals surface area contributed by atoms with Crippen molar-refractivity contribution in [1.82, 2.24) is 15.5 Å². The first-order valence-electron chi connectivity index (χ1n) is 4.68. The Kier molecular flexibility index (Phi) is 3.09. The molecule has 1 heterocycles. The van der Waals surface area contributed by atoms with E-state index in [1.165, 1.54) is 4.90 Å². The van der Waals surface area contributed by atoms with Crippen LogP contribution >= 0.6 is 0 Å². The molecular formula is C9H15N3O3. The number of amides is 3. The third-order valence-electron chi connectivity index (χ3n) is 2.39. The molecule has 0 aromatic carbocycles. The maximum atomic E-state index is 11.9. The van der Waals surface area contributed by atoms with Crippen LogP contribution in [-0.4, -0.2) is 48.3 Å². The van der Waals surface area contributed by atoms with Crippen molar-refractivity contribution in [3.63, 3.8) is 0 Å². The van der Waals surface area contributed by atoms with Gasteiger partial charge in [0.1, 0.15) is 13.1 Å². The van der Waals surface area contributed by atoms with Crippen LogP contribution in [0.1, 0.15) is 13.8 Å². The third kappa shape index (κ3) is 2.53. The molecule has 1 rings (SSSR count). The zero-order valence-corrected chi connectivity index (χ0v) is 9.09. The topological polar surface area (TPSA) is 78.5 Å². The van der Waals surface area contributed by atoms with Crippen LogP contribution in [0.25, 0.3) is 0 Å². The van der Waals surface area contributed by atoms with Crippen molar-refractivity contribution in [2.75, 3.05) is 20.1 Å². The molecule has 0 aliphatic carbocycles. The zero-order valence-electron chi connectivity index (χ0n) is 9.09. The summed E-state index contributed by atoms with van der Waals surface area (Å²) in [5.41, 5.74) is -0.766. The van der Waals surface area contributed by atoms with Crippen molar-refractivity contribution >= 4 is 17.7 Å². The molecular weight excluding hydrogens is 198 g/mol. The first-order chi connectivity index (χ1) is 6.86. The quantitative estimate of drug-likeness (QED) is 0.545. The molecule has 15 heavy (non-hydrogen) atoms. The van der Waals surface area contributed by atoms with Gasteiger partial charge in [-0.25, -0.2) is 0 Å². The van der Waals surface area contributed by atoms with E-state index in [0.29, 0.717) is 0 Å². The number of hydrogen-bond acceptors (Lipinski definition) is 4. The van der Waals surface area contributed by atoms with Crippen molar-refractivity contribution in [2.24, 2.45) is 0 Å². The molecule has 1 fully saturated rings. The van der Waals surface area contributed by atoms with Gasteiger partial charge in [0.25, 0.3) is 0 Å². The molecule has 1 aliphatic rings. The Morgan fingerprint density at radius 3 is 2.20 bits per heavy atom. The number of imide groups is 1. The fourth-order valence-electron chi connectivity index (χ4n) is 1.28. The monoisotopic (exact) mass is 213 g/mol. The van der Waals surface area contributed by atoms with Crippen LogP contribution in [0.15, 0.2) is 0 Å². The normalized spacial score (nSPS) is 17.7. The highest BCUT2D eigenvalue weighted by atomic mass is 16.2. The fraction of sp³-hybridized carbons (Fsp3) is 0.667. The van der Waals surface area contributed by atoms with Gasteiger partial charge in [-0.15, -0.1) is 0 Å². The van der Waals surface area contributed by atoms with E-state index in [-0.39, 0.29) is 19.0 Å². The van der Waals surface area contributed by atoms with Gasteiger partial charge in [0.05, 0.1) is 5.54 Å². The van der Waals surface area contributed by atoms with Gasteiger partial charge in [0.2, 0.25) is 17.7 Å². The highest BCUT2D eigenvalue weighted by molar-refractivity contribution is 6.03. The van der Waals surface area contributed by atoms with E-state index in [4.69, 9.17) is 0 Å². The Bertz CT molecular complexity index is 296. The maximum absolute atomic E-state index is 11.9. The summed E-state index contributed by atoms with van der Waals surface area (Å²) in [7, 11) is 1.66. The second-order valence-electron chi connectivity index (χ2n) is 4.01. The second-order valence-corrected chi connectivity index (χ2v) is 4.01. The van der Waals surface area contributed by atoms with Crippen molar-refractivity contribution < 1.29 is 14.4 Å². The van der Waals surface area contributed by atoms with Gasteiger partial charge in [-0.3, -0.25) is 19.7 Å². The van der Waals surface area contributed by atoms with Crippen LogP contribution < -0.4 is 10.6 Å². The van der Waals surface area contributed by atoms with E-state index in [1.54, 1.807) is 20.9 Å². The van der Waals surface area contributed by atoms with E-state index in [9.17, 15) is 14.4 Å². The molecule has 1 aliphatic heterocycles. The highest BCUT2D eigenvalue weighted by Gasteiger charge is 2.34. The van der Waals surface area contributed by atoms with Crippen LogP contribution in [0.4, 0.5) is 0 Å². The molecule has 2 N–H and O–H groups in total. The largest absolute Gasteiger partial charge is 0.322 e. The van der Waals surface area contributed by atoms with Crippen molar-refractivity contribution in [3.8, 4) is 0 Å². The number of carbonyl (C=O) groups is 3. The predicted octanol–water partition coefficient (Wildman–Crippen LogP) is -1.53. The Hall–Kier alpha value is -1.43. The summed E-state index contributed by atoms with van der Waals surface area (Å²) < 4.78 is 0. The number of likely N-dealkylation sites (N-methyl/N-ethyl adjacent to an activating group) is 1. The van der Waals surface area contributed by atoms with Crippen LogP contribution in [-0.2, 0) is 14.4 Å². The average Bonchev–Trinajstić information content (AvgIpc) is 2.15. The molecule has 1 saturated heterocycles. The molecule has 0 aromatic heterocycles. The van der Waals surface area contributed by atoms with Crippen molar-refractivity contribution in [2.45, 2.75) is 19.4 Å². The molecule has 3 amide bonds. The molecule has 0 saturated carbocycles. The number of nitrogens with one attached hydrogen (secondary N) is 2. The van der Waals surface area contributed by atoms with Crippen LogP contribution in [0.5, 0.6) is 0 Å². The summed E-state index contributed by atoms with van der Waals surface area (Å²) in [5, 5.41) is 4.98. The molecule has 0 atom stereocenters. The van der Waals surface area contributed by atoms with Gasteiger partial charge in [-0.2, -0.15) is 0 Å². The Morgan fingerprint density at radius 2 is 1.80 bits per heavy atom. The predicted molar refractivity (Wildman–Crippen MR) is 52.9 cm³/mol. The summed E-state index contributed by atoms with van der Waals surface area (Å²) in [5.74, 6) is -1.13. The number of rotatable bonds is 2. The summed E-state index contributed by atoms with van der Waals surface area (Å²) >= 11 is 0. The summed E-state index contributed by atoms with van der Waals surface area (Å²) in [6, 6.07) is 0. The van der Waals surface area contributed by atoms with Gasteiger partial charge in [-0.1, -0.05) is 0 Å². The fourth-order valence-corrected chi connectivity index (χ4v) is 1.28. The van der Waals surface area contributed by atoms with Gasteiger partial charge in [-0.05, 0) is 20.9 Å². The molecule has 0 unspecified atom stereocenters. The molecule has 0 radical (unpaired) electrons. The van der Waals surface area contributed by atoms with E-state index in [1.807, 2.05) is 0 Å². The standard InChI is InChI=1S/C9H15N3O3/c1-9(2,10-3)8(15)12-4-6(13)11-7(14)5-12/h10H,4-5H2,1-3H3,(H,11,13,14). The van der Waals surface area contributed by atoms with Gasteiger partial charge < -0.3 is 10.2 Å². The smallest absolute Gasteiger partial charge is 0.246 e. The minimum absolute atomic E-state index is 0.0598. The Balaban J connectivity index is 2.76. The summed E-state index contributed by atoms with van der Waals surface area (Å²) in [4.78, 5) is 35.2. The molecule has 0 spiro atoms. The molecule has 6 nitrogen and oxygen atoms in total. The number of hydrogen-bond donors (Lipinski definition) is 2. The average molecular weight is 213 g/mol. The summed E-state index contributed by atoms with van der Waals surface area (Å²) in [6.45, 7) is 3.28. The first-order valence-corrected chi connectivity index (χ1v) is 4.68. The van der Waals surface area contributed by atoms with Crippen LogP contribution in [0.2, 0.25) is 0 Å². The van der Waals surface area contributed by atoms with Gasteiger partial charge in [0.15, 0.2) is 0 Å². The van der Waals surface area contributed by atoms with Crippen LogP contribution in [0, 0.1) is 0 Å². The highest BCUT2D eigenvalue weighted by Crippen LogP contribution is 2.08. The van der Waals surface area contributed by atoms with Gasteiger partial charge in [0, 0.05) is 0 Å². The lowest BCUT2D eigenvalue weighted by atomic mass is 10.0. The number of nitrogens with zero attached hydrogens (tertiary/aromatic N) is 1. The summed E-state index contributed by atoms with van der Waals surface area (Å²) in [6.07, 6.45) is 0. The van der Waals surface area contributed by atoms with E-state index in [0.717, 1.165) is 0 Å². The lowest BCUT2D eigenvalue weighted by molar-refractivity contribution is -0.148. The number of piperazine rings is 1. The van der Waals surface area contributed by atoms with E-state index in [2.05, 4.69) is 10.6 Å². The third-order valence-corrected chi connectivity index (χ3v) is 2.39. The minimum Gasteiger partial charge on any atom is -0.322 e. The minimum atomic E-state index is -0.766. The first kappa shape index (κ1) is 11.6. The van der Waals surface area contributed by atoms with Crippen molar-refractivity contribution in [1.29, 1.82) is 0 Å². The van der Waals surface area contributed by atoms with E-state index >= 15 is 0 Å².